The SMILES string of the molecule is CC(NC1CC2CCC1C2)C(=O)N1CCCC1. The van der Waals surface area contributed by atoms with Crippen LogP contribution in [-0.4, -0.2) is 36.0 Å². The van der Waals surface area contributed by atoms with Gasteiger partial charge in [0.25, 0.3) is 0 Å². The van der Waals surface area contributed by atoms with Crippen molar-refractivity contribution in [2.45, 2.75) is 57.5 Å². The van der Waals surface area contributed by atoms with E-state index in [2.05, 4.69) is 5.32 Å². The molecule has 2 aliphatic carbocycles. The molecule has 3 heteroatoms. The van der Waals surface area contributed by atoms with Crippen LogP contribution in [0.4, 0.5) is 0 Å². The minimum absolute atomic E-state index is 0.0254. The van der Waals surface area contributed by atoms with Crippen LogP contribution in [0.15, 0.2) is 0 Å². The van der Waals surface area contributed by atoms with E-state index in [4.69, 9.17) is 0 Å². The van der Waals surface area contributed by atoms with Crippen molar-refractivity contribution in [1.82, 2.24) is 10.2 Å². The molecule has 0 radical (unpaired) electrons. The van der Waals surface area contributed by atoms with Crippen LogP contribution in [0, 0.1) is 11.8 Å². The summed E-state index contributed by atoms with van der Waals surface area (Å²) in [6.07, 6.45) is 7.90. The summed E-state index contributed by atoms with van der Waals surface area (Å²) >= 11 is 0. The third-order valence-electron chi connectivity index (χ3n) is 4.99. The number of carbonyl (C=O) groups excluding carboxylic acids is 1. The highest BCUT2D eigenvalue weighted by molar-refractivity contribution is 5.81. The Bertz CT molecular complexity index is 299. The molecule has 3 fully saturated rings. The Kier molecular flexibility index (Phi) is 3.12. The third-order valence-corrected chi connectivity index (χ3v) is 4.99. The summed E-state index contributed by atoms with van der Waals surface area (Å²) < 4.78 is 0. The molecule has 2 saturated carbocycles. The first-order valence-corrected chi connectivity index (χ1v) is 7.29. The second-order valence-electron chi connectivity index (χ2n) is 6.20. The molecule has 0 aromatic heterocycles. The van der Waals surface area contributed by atoms with Crippen LogP contribution in [0.2, 0.25) is 0 Å². The quantitative estimate of drug-likeness (QED) is 0.810. The van der Waals surface area contributed by atoms with Gasteiger partial charge in [0, 0.05) is 19.1 Å². The van der Waals surface area contributed by atoms with Gasteiger partial charge in [-0.1, -0.05) is 6.42 Å². The van der Waals surface area contributed by atoms with Gasteiger partial charge in [-0.25, -0.2) is 0 Å². The first kappa shape index (κ1) is 11.5. The number of rotatable bonds is 3. The molecule has 96 valence electrons. The van der Waals surface area contributed by atoms with Crippen LogP contribution < -0.4 is 5.32 Å². The van der Waals surface area contributed by atoms with E-state index >= 15 is 0 Å². The van der Waals surface area contributed by atoms with Crippen molar-refractivity contribution in [1.29, 1.82) is 0 Å². The molecule has 17 heavy (non-hydrogen) atoms. The van der Waals surface area contributed by atoms with Crippen molar-refractivity contribution in [2.75, 3.05) is 13.1 Å². The molecule has 1 N–H and O–H groups in total. The maximum Gasteiger partial charge on any atom is 0.239 e. The van der Waals surface area contributed by atoms with Gasteiger partial charge in [0.15, 0.2) is 0 Å². The Labute approximate surface area is 104 Å². The Hall–Kier alpha value is -0.570. The van der Waals surface area contributed by atoms with Crippen LogP contribution in [0.5, 0.6) is 0 Å². The van der Waals surface area contributed by atoms with Crippen molar-refractivity contribution in [2.24, 2.45) is 11.8 Å². The molecule has 4 unspecified atom stereocenters. The summed E-state index contributed by atoms with van der Waals surface area (Å²) in [5.74, 6) is 2.13. The van der Waals surface area contributed by atoms with Crippen LogP contribution in [-0.2, 0) is 4.79 Å². The molecular weight excluding hydrogens is 212 g/mol. The zero-order valence-electron chi connectivity index (χ0n) is 10.8. The van der Waals surface area contributed by atoms with Gasteiger partial charge in [-0.05, 0) is 50.9 Å². The van der Waals surface area contributed by atoms with E-state index in [1.54, 1.807) is 0 Å². The summed E-state index contributed by atoms with van der Waals surface area (Å²) in [5, 5.41) is 3.60. The van der Waals surface area contributed by atoms with E-state index in [9.17, 15) is 4.79 Å². The normalized spacial score (nSPS) is 37.7. The number of fused-ring (bicyclic) bond motifs is 2. The summed E-state index contributed by atoms with van der Waals surface area (Å²) in [7, 11) is 0. The highest BCUT2D eigenvalue weighted by Crippen LogP contribution is 2.44. The predicted molar refractivity (Wildman–Crippen MR) is 67.6 cm³/mol. The molecule has 0 aromatic rings. The number of nitrogens with zero attached hydrogens (tertiary/aromatic N) is 1. The fraction of sp³-hybridized carbons (Fsp3) is 0.929. The van der Waals surface area contributed by atoms with E-state index in [0.29, 0.717) is 11.9 Å². The smallest absolute Gasteiger partial charge is 0.239 e. The minimum atomic E-state index is 0.0254. The van der Waals surface area contributed by atoms with Crippen LogP contribution >= 0.6 is 0 Å². The molecule has 3 rings (SSSR count). The lowest BCUT2D eigenvalue weighted by atomic mass is 9.95. The van der Waals surface area contributed by atoms with Gasteiger partial charge in [-0.3, -0.25) is 4.79 Å². The molecule has 2 bridgehead atoms. The first-order chi connectivity index (χ1) is 8.24. The molecule has 1 amide bonds. The van der Waals surface area contributed by atoms with Gasteiger partial charge >= 0.3 is 0 Å². The zero-order chi connectivity index (χ0) is 11.8. The van der Waals surface area contributed by atoms with Crippen LogP contribution in [0.3, 0.4) is 0 Å². The van der Waals surface area contributed by atoms with E-state index in [0.717, 1.165) is 24.9 Å². The van der Waals surface area contributed by atoms with E-state index in [1.807, 2.05) is 11.8 Å². The molecule has 3 nitrogen and oxygen atoms in total. The van der Waals surface area contributed by atoms with Crippen molar-refractivity contribution >= 4 is 5.91 Å². The summed E-state index contributed by atoms with van der Waals surface area (Å²) in [4.78, 5) is 14.2. The lowest BCUT2D eigenvalue weighted by Crippen LogP contribution is -2.49. The average Bonchev–Trinajstić information content (AvgIpc) is 3.04. The van der Waals surface area contributed by atoms with Crippen molar-refractivity contribution < 1.29 is 4.79 Å². The van der Waals surface area contributed by atoms with Gasteiger partial charge in [-0.15, -0.1) is 0 Å². The molecule has 1 saturated heterocycles. The highest BCUT2D eigenvalue weighted by Gasteiger charge is 2.40. The van der Waals surface area contributed by atoms with E-state index < -0.39 is 0 Å². The second-order valence-corrected chi connectivity index (χ2v) is 6.20. The second kappa shape index (κ2) is 4.60. The van der Waals surface area contributed by atoms with Crippen molar-refractivity contribution in [3.8, 4) is 0 Å². The monoisotopic (exact) mass is 236 g/mol. The number of amides is 1. The van der Waals surface area contributed by atoms with Crippen LogP contribution in [0.1, 0.15) is 45.4 Å². The third kappa shape index (κ3) is 2.22. The molecule has 1 heterocycles. The molecule has 4 atom stereocenters. The van der Waals surface area contributed by atoms with Crippen molar-refractivity contribution in [3.63, 3.8) is 0 Å². The lowest BCUT2D eigenvalue weighted by molar-refractivity contribution is -0.132. The zero-order valence-corrected chi connectivity index (χ0v) is 10.8. The van der Waals surface area contributed by atoms with Gasteiger partial charge in [0.2, 0.25) is 5.91 Å². The minimum Gasteiger partial charge on any atom is -0.341 e. The Morgan fingerprint density at radius 2 is 2.00 bits per heavy atom. The lowest BCUT2D eigenvalue weighted by Gasteiger charge is -2.28. The Morgan fingerprint density at radius 3 is 2.59 bits per heavy atom. The van der Waals surface area contributed by atoms with Gasteiger partial charge in [0.1, 0.15) is 0 Å². The Morgan fingerprint density at radius 1 is 1.24 bits per heavy atom. The first-order valence-electron chi connectivity index (χ1n) is 7.29. The number of hydrogen-bond donors (Lipinski definition) is 1. The molecule has 0 aromatic carbocycles. The fourth-order valence-electron chi connectivity index (χ4n) is 4.05. The van der Waals surface area contributed by atoms with Gasteiger partial charge in [-0.2, -0.15) is 0 Å². The largest absolute Gasteiger partial charge is 0.341 e. The standard InChI is InChI=1S/C14H24N2O/c1-10(14(17)16-6-2-3-7-16)15-13-9-11-4-5-12(13)8-11/h10-13,15H,2-9H2,1H3. The summed E-state index contributed by atoms with van der Waals surface area (Å²) in [6, 6.07) is 0.646. The maximum absolute atomic E-state index is 12.2. The molecule has 3 aliphatic rings. The summed E-state index contributed by atoms with van der Waals surface area (Å²) in [5.41, 5.74) is 0. The number of likely N-dealkylation sites (tertiary alicyclic amines) is 1. The average molecular weight is 236 g/mol. The molecule has 1 aliphatic heterocycles. The van der Waals surface area contributed by atoms with E-state index in [1.165, 1.54) is 38.5 Å². The predicted octanol–water partition coefficient (Wildman–Crippen LogP) is 1.78. The topological polar surface area (TPSA) is 32.3 Å². The van der Waals surface area contributed by atoms with Crippen LogP contribution in [0.25, 0.3) is 0 Å². The highest BCUT2D eigenvalue weighted by atomic mass is 16.2. The number of carbonyl (C=O) groups is 1. The van der Waals surface area contributed by atoms with E-state index in [-0.39, 0.29) is 6.04 Å². The fourth-order valence-corrected chi connectivity index (χ4v) is 4.05. The molecular formula is C14H24N2O. The van der Waals surface area contributed by atoms with Crippen molar-refractivity contribution in [3.05, 3.63) is 0 Å². The van der Waals surface area contributed by atoms with Gasteiger partial charge < -0.3 is 10.2 Å². The summed E-state index contributed by atoms with van der Waals surface area (Å²) in [6.45, 7) is 4.00. The molecule has 0 spiro atoms. The Balaban J connectivity index is 1.52. The number of hydrogen-bond acceptors (Lipinski definition) is 2. The number of nitrogens with one attached hydrogen (secondary N) is 1. The van der Waals surface area contributed by atoms with Gasteiger partial charge in [0.05, 0.1) is 6.04 Å². The maximum atomic E-state index is 12.2.